The number of hydrogen-bond acceptors (Lipinski definition) is 6. The van der Waals surface area contributed by atoms with Crippen molar-refractivity contribution >= 4 is 23.5 Å². The number of hydrogen-bond donors (Lipinski definition) is 2. The zero-order valence-corrected chi connectivity index (χ0v) is 14.0. The number of nitrogens with zero attached hydrogens (tertiary/aromatic N) is 2. The van der Waals surface area contributed by atoms with E-state index >= 15 is 0 Å². The molecule has 0 unspecified atom stereocenters. The summed E-state index contributed by atoms with van der Waals surface area (Å²) >= 11 is 0. The molecule has 0 bridgehead atoms. The van der Waals surface area contributed by atoms with Crippen LogP contribution in [0.2, 0.25) is 0 Å². The summed E-state index contributed by atoms with van der Waals surface area (Å²) in [4.78, 5) is 32.7. The van der Waals surface area contributed by atoms with Crippen LogP contribution in [0.4, 0.5) is 11.6 Å². The number of esters is 1. The molecule has 1 fully saturated rings. The highest BCUT2D eigenvalue weighted by molar-refractivity contribution is 6.07. The second kappa shape index (κ2) is 7.74. The molecular weight excluding hydrogens is 320 g/mol. The van der Waals surface area contributed by atoms with Crippen LogP contribution in [0.15, 0.2) is 36.5 Å². The van der Waals surface area contributed by atoms with Crippen LogP contribution < -0.4 is 10.6 Å². The minimum Gasteiger partial charge on any atom is -0.465 e. The molecule has 0 saturated heterocycles. The van der Waals surface area contributed by atoms with Gasteiger partial charge < -0.3 is 15.4 Å². The van der Waals surface area contributed by atoms with E-state index in [1.54, 1.807) is 30.5 Å². The molecule has 7 nitrogen and oxygen atoms in total. The lowest BCUT2D eigenvalue weighted by atomic mass is 10.1. The Labute approximate surface area is 145 Å². The van der Waals surface area contributed by atoms with Crippen LogP contribution in [-0.2, 0) is 4.74 Å². The lowest BCUT2D eigenvalue weighted by Crippen LogP contribution is -2.20. The molecule has 1 aromatic carbocycles. The van der Waals surface area contributed by atoms with E-state index in [2.05, 4.69) is 20.6 Å². The minimum absolute atomic E-state index is 0.232. The standard InChI is InChI=1S/C18H20N4O3/c1-25-17(24)13-8-4-5-9-14(13)21-16(23)15-10-11-19-18(22-15)20-12-6-2-3-7-12/h4-5,8-12H,2-3,6-7H2,1H3,(H,21,23)(H,19,20,22). The molecule has 0 atom stereocenters. The Bertz CT molecular complexity index is 772. The number of carbonyl (C=O) groups is 2. The Morgan fingerprint density at radius 2 is 1.92 bits per heavy atom. The second-order valence-corrected chi connectivity index (χ2v) is 5.88. The maximum absolute atomic E-state index is 12.5. The molecule has 0 radical (unpaired) electrons. The number of rotatable bonds is 5. The molecule has 2 N–H and O–H groups in total. The highest BCUT2D eigenvalue weighted by Gasteiger charge is 2.18. The van der Waals surface area contributed by atoms with E-state index in [-0.39, 0.29) is 11.3 Å². The Hall–Kier alpha value is -2.96. The van der Waals surface area contributed by atoms with Crippen molar-refractivity contribution in [1.82, 2.24) is 9.97 Å². The van der Waals surface area contributed by atoms with Gasteiger partial charge in [0.15, 0.2) is 0 Å². The molecule has 1 aliphatic rings. The third-order valence-electron chi connectivity index (χ3n) is 4.16. The van der Waals surface area contributed by atoms with Crippen LogP contribution in [0, 0.1) is 0 Å². The normalized spacial score (nSPS) is 14.1. The molecule has 130 valence electrons. The largest absolute Gasteiger partial charge is 0.465 e. The van der Waals surface area contributed by atoms with Crippen LogP contribution in [0.25, 0.3) is 0 Å². The van der Waals surface area contributed by atoms with Gasteiger partial charge in [0.25, 0.3) is 5.91 Å². The molecule has 2 aromatic rings. The van der Waals surface area contributed by atoms with E-state index in [4.69, 9.17) is 4.74 Å². The molecule has 0 aliphatic heterocycles. The zero-order valence-electron chi connectivity index (χ0n) is 14.0. The molecule has 7 heteroatoms. The van der Waals surface area contributed by atoms with Gasteiger partial charge in [-0.05, 0) is 31.0 Å². The third-order valence-corrected chi connectivity index (χ3v) is 4.16. The van der Waals surface area contributed by atoms with Crippen molar-refractivity contribution < 1.29 is 14.3 Å². The van der Waals surface area contributed by atoms with Crippen molar-refractivity contribution in [2.24, 2.45) is 0 Å². The summed E-state index contributed by atoms with van der Waals surface area (Å²) in [5, 5.41) is 5.97. The Morgan fingerprint density at radius 3 is 2.68 bits per heavy atom. The van der Waals surface area contributed by atoms with Crippen molar-refractivity contribution in [2.45, 2.75) is 31.7 Å². The maximum Gasteiger partial charge on any atom is 0.339 e. The third kappa shape index (κ3) is 4.12. The van der Waals surface area contributed by atoms with Crippen LogP contribution >= 0.6 is 0 Å². The fraction of sp³-hybridized carbons (Fsp3) is 0.333. The van der Waals surface area contributed by atoms with Crippen LogP contribution in [0.5, 0.6) is 0 Å². The van der Waals surface area contributed by atoms with Crippen molar-refractivity contribution in [3.8, 4) is 0 Å². The van der Waals surface area contributed by atoms with Gasteiger partial charge in [0.2, 0.25) is 5.95 Å². The van der Waals surface area contributed by atoms with Crippen molar-refractivity contribution in [1.29, 1.82) is 0 Å². The van der Waals surface area contributed by atoms with Crippen molar-refractivity contribution in [3.63, 3.8) is 0 Å². The van der Waals surface area contributed by atoms with E-state index in [1.807, 2.05) is 0 Å². The number of benzene rings is 1. The highest BCUT2D eigenvalue weighted by Crippen LogP contribution is 2.21. The first-order valence-electron chi connectivity index (χ1n) is 8.25. The summed E-state index contributed by atoms with van der Waals surface area (Å²) in [6.45, 7) is 0. The number of methoxy groups -OCH3 is 1. The lowest BCUT2D eigenvalue weighted by molar-refractivity contribution is 0.0602. The van der Waals surface area contributed by atoms with E-state index in [1.165, 1.54) is 26.0 Å². The first kappa shape index (κ1) is 16.9. The maximum atomic E-state index is 12.5. The van der Waals surface area contributed by atoms with Gasteiger partial charge in [-0.2, -0.15) is 0 Å². The summed E-state index contributed by atoms with van der Waals surface area (Å²) in [5.74, 6) is -0.476. The number of nitrogens with one attached hydrogen (secondary N) is 2. The quantitative estimate of drug-likeness (QED) is 0.813. The number of para-hydroxylation sites is 1. The van der Waals surface area contributed by atoms with Gasteiger partial charge in [-0.15, -0.1) is 0 Å². The number of ether oxygens (including phenoxy) is 1. The average molecular weight is 340 g/mol. The fourth-order valence-electron chi connectivity index (χ4n) is 2.87. The van der Waals surface area contributed by atoms with Gasteiger partial charge in [-0.3, -0.25) is 4.79 Å². The topological polar surface area (TPSA) is 93.2 Å². The zero-order chi connectivity index (χ0) is 17.6. The SMILES string of the molecule is COC(=O)c1ccccc1NC(=O)c1ccnc(NC2CCCC2)n1. The van der Waals surface area contributed by atoms with E-state index in [0.29, 0.717) is 17.7 Å². The summed E-state index contributed by atoms with van der Waals surface area (Å²) in [6.07, 6.45) is 6.12. The van der Waals surface area contributed by atoms with Crippen molar-refractivity contribution in [2.75, 3.05) is 17.7 Å². The highest BCUT2D eigenvalue weighted by atomic mass is 16.5. The first-order chi connectivity index (χ1) is 12.2. The lowest BCUT2D eigenvalue weighted by Gasteiger charge is -2.12. The summed E-state index contributed by atoms with van der Waals surface area (Å²) in [7, 11) is 1.30. The molecule has 0 spiro atoms. The van der Waals surface area contributed by atoms with Crippen LogP contribution in [0.1, 0.15) is 46.5 Å². The second-order valence-electron chi connectivity index (χ2n) is 5.88. The van der Waals surface area contributed by atoms with Gasteiger partial charge in [0, 0.05) is 12.2 Å². The molecule has 25 heavy (non-hydrogen) atoms. The van der Waals surface area contributed by atoms with Gasteiger partial charge in [-0.25, -0.2) is 14.8 Å². The van der Waals surface area contributed by atoms with Gasteiger partial charge in [0.05, 0.1) is 18.4 Å². The number of carbonyl (C=O) groups excluding carboxylic acids is 2. The predicted octanol–water partition coefficient (Wildman–Crippen LogP) is 2.87. The monoisotopic (exact) mass is 340 g/mol. The van der Waals surface area contributed by atoms with Gasteiger partial charge >= 0.3 is 5.97 Å². The Balaban J connectivity index is 1.74. The Morgan fingerprint density at radius 1 is 1.16 bits per heavy atom. The summed E-state index contributed by atoms with van der Waals surface area (Å²) < 4.78 is 4.73. The number of amides is 1. The summed E-state index contributed by atoms with van der Waals surface area (Å²) in [6, 6.07) is 8.57. The Kier molecular flexibility index (Phi) is 5.23. The average Bonchev–Trinajstić information content (AvgIpc) is 3.14. The number of anilines is 2. The van der Waals surface area contributed by atoms with E-state index in [9.17, 15) is 9.59 Å². The van der Waals surface area contributed by atoms with Gasteiger partial charge in [-0.1, -0.05) is 25.0 Å². The predicted molar refractivity (Wildman–Crippen MR) is 93.6 cm³/mol. The van der Waals surface area contributed by atoms with Crippen molar-refractivity contribution in [3.05, 3.63) is 47.8 Å². The first-order valence-corrected chi connectivity index (χ1v) is 8.25. The van der Waals surface area contributed by atoms with Crippen LogP contribution in [0.3, 0.4) is 0 Å². The minimum atomic E-state index is -0.512. The molecular formula is C18H20N4O3. The molecule has 1 heterocycles. The van der Waals surface area contributed by atoms with Gasteiger partial charge in [0.1, 0.15) is 5.69 Å². The fourth-order valence-corrected chi connectivity index (χ4v) is 2.87. The van der Waals surface area contributed by atoms with E-state index in [0.717, 1.165) is 12.8 Å². The summed E-state index contributed by atoms with van der Waals surface area (Å²) in [5.41, 5.74) is 0.898. The van der Waals surface area contributed by atoms with E-state index < -0.39 is 11.9 Å². The number of aromatic nitrogens is 2. The molecule has 1 aliphatic carbocycles. The smallest absolute Gasteiger partial charge is 0.339 e. The van der Waals surface area contributed by atoms with Crippen LogP contribution in [-0.4, -0.2) is 35.0 Å². The molecule has 1 amide bonds. The molecule has 1 saturated carbocycles. The molecule has 3 rings (SSSR count). The molecule has 1 aromatic heterocycles.